The van der Waals surface area contributed by atoms with Gasteiger partial charge < -0.3 is 4.74 Å². The van der Waals surface area contributed by atoms with Gasteiger partial charge in [0.1, 0.15) is 6.04 Å². The van der Waals surface area contributed by atoms with Gasteiger partial charge in [0, 0.05) is 13.6 Å². The van der Waals surface area contributed by atoms with E-state index in [-0.39, 0.29) is 0 Å². The zero-order valence-corrected chi connectivity index (χ0v) is 9.82. The van der Waals surface area contributed by atoms with Crippen molar-refractivity contribution < 1.29 is 4.74 Å². The number of methoxy groups -OCH3 is 1. The molecule has 0 spiro atoms. The molecule has 1 N–H and O–H groups in total. The Hall–Kier alpha value is -1.80. The number of ether oxygens (including phenoxy) is 1. The molecule has 0 radical (unpaired) electrons. The third-order valence-electron chi connectivity index (χ3n) is 2.29. The molecule has 1 heterocycles. The lowest BCUT2D eigenvalue weighted by atomic mass is 10.1. The highest BCUT2D eigenvalue weighted by molar-refractivity contribution is 5.37. The van der Waals surface area contributed by atoms with Crippen molar-refractivity contribution in [1.82, 2.24) is 15.1 Å². The first-order valence-electron chi connectivity index (χ1n) is 4.97. The van der Waals surface area contributed by atoms with E-state index >= 15 is 0 Å². The van der Waals surface area contributed by atoms with E-state index in [1.807, 2.05) is 6.92 Å². The van der Waals surface area contributed by atoms with E-state index in [0.29, 0.717) is 12.4 Å². The van der Waals surface area contributed by atoms with Crippen molar-refractivity contribution >= 4 is 0 Å². The topological polar surface area (TPSA) is 62.9 Å². The molecule has 0 aliphatic rings. The molecule has 0 aromatic carbocycles. The van der Waals surface area contributed by atoms with Crippen LogP contribution in [0.25, 0.3) is 0 Å². The van der Waals surface area contributed by atoms with E-state index in [9.17, 15) is 0 Å². The molecule has 1 atom stereocenters. The summed E-state index contributed by atoms with van der Waals surface area (Å²) in [4.78, 5) is 0. The minimum atomic E-state index is -0.429. The summed E-state index contributed by atoms with van der Waals surface area (Å²) in [5.41, 5.74) is 1.58. The van der Waals surface area contributed by atoms with Crippen LogP contribution in [0.4, 0.5) is 0 Å². The number of hydrogen-bond acceptors (Lipinski definition) is 4. The van der Waals surface area contributed by atoms with Gasteiger partial charge in [0.25, 0.3) is 0 Å². The van der Waals surface area contributed by atoms with E-state index < -0.39 is 6.04 Å². The van der Waals surface area contributed by atoms with Crippen molar-refractivity contribution in [3.05, 3.63) is 23.9 Å². The second-order valence-electron chi connectivity index (χ2n) is 3.39. The average molecular weight is 220 g/mol. The maximum absolute atomic E-state index is 9.12. The van der Waals surface area contributed by atoms with Gasteiger partial charge in [0.2, 0.25) is 5.88 Å². The normalized spacial score (nSPS) is 11.9. The van der Waals surface area contributed by atoms with Gasteiger partial charge in [-0.1, -0.05) is 6.08 Å². The molecule has 5 nitrogen and oxygen atoms in total. The van der Waals surface area contributed by atoms with Crippen LogP contribution >= 0.6 is 0 Å². The van der Waals surface area contributed by atoms with Crippen LogP contribution in [0.3, 0.4) is 0 Å². The molecular formula is C11H16N4O. The zero-order chi connectivity index (χ0) is 12.1. The standard InChI is InChI=1S/C11H16N4O/c1-5-6-13-9(7-12)10-8(2)14-15(3)11(10)16-4/h5,9,13H,1,6H2,2-4H3. The van der Waals surface area contributed by atoms with Crippen LogP contribution in [0.15, 0.2) is 12.7 Å². The number of aryl methyl sites for hydroxylation is 2. The number of nitriles is 1. The monoisotopic (exact) mass is 220 g/mol. The summed E-state index contributed by atoms with van der Waals surface area (Å²) in [6.45, 7) is 6.03. The smallest absolute Gasteiger partial charge is 0.217 e. The van der Waals surface area contributed by atoms with Gasteiger partial charge in [-0.2, -0.15) is 10.4 Å². The predicted octanol–water partition coefficient (Wildman–Crippen LogP) is 1.08. The Balaban J connectivity index is 3.09. The summed E-state index contributed by atoms with van der Waals surface area (Å²) in [6.07, 6.45) is 1.71. The molecule has 0 saturated carbocycles. The minimum Gasteiger partial charge on any atom is -0.481 e. The molecule has 0 saturated heterocycles. The molecular weight excluding hydrogens is 204 g/mol. The second kappa shape index (κ2) is 5.33. The summed E-state index contributed by atoms with van der Waals surface area (Å²) < 4.78 is 6.87. The number of nitrogens with zero attached hydrogens (tertiary/aromatic N) is 3. The molecule has 86 valence electrons. The highest BCUT2D eigenvalue weighted by Gasteiger charge is 2.22. The van der Waals surface area contributed by atoms with E-state index in [1.54, 1.807) is 24.9 Å². The van der Waals surface area contributed by atoms with Gasteiger partial charge in [-0.15, -0.1) is 6.58 Å². The van der Waals surface area contributed by atoms with Crippen LogP contribution in [0, 0.1) is 18.3 Å². The quantitative estimate of drug-likeness (QED) is 0.754. The van der Waals surface area contributed by atoms with Crippen molar-refractivity contribution in [2.45, 2.75) is 13.0 Å². The number of rotatable bonds is 5. The highest BCUT2D eigenvalue weighted by Crippen LogP contribution is 2.27. The molecule has 0 amide bonds. The zero-order valence-electron chi connectivity index (χ0n) is 9.82. The summed E-state index contributed by atoms with van der Waals surface area (Å²) >= 11 is 0. The Labute approximate surface area is 95.3 Å². The fraction of sp³-hybridized carbons (Fsp3) is 0.455. The van der Waals surface area contributed by atoms with Gasteiger partial charge in [-0.05, 0) is 6.92 Å². The maximum Gasteiger partial charge on any atom is 0.217 e. The van der Waals surface area contributed by atoms with Gasteiger partial charge in [0.05, 0.1) is 24.4 Å². The van der Waals surface area contributed by atoms with Gasteiger partial charge >= 0.3 is 0 Å². The van der Waals surface area contributed by atoms with E-state index in [1.165, 1.54) is 0 Å². The number of hydrogen-bond donors (Lipinski definition) is 1. The summed E-state index contributed by atoms with van der Waals surface area (Å²) in [5.74, 6) is 0.612. The first-order valence-corrected chi connectivity index (χ1v) is 4.97. The van der Waals surface area contributed by atoms with Crippen molar-refractivity contribution in [2.24, 2.45) is 7.05 Å². The maximum atomic E-state index is 9.12. The Morgan fingerprint density at radius 2 is 2.44 bits per heavy atom. The van der Waals surface area contributed by atoms with Crippen LogP contribution < -0.4 is 10.1 Å². The predicted molar refractivity (Wildman–Crippen MR) is 61.1 cm³/mol. The van der Waals surface area contributed by atoms with E-state index in [0.717, 1.165) is 11.3 Å². The van der Waals surface area contributed by atoms with Crippen LogP contribution in [0.2, 0.25) is 0 Å². The first kappa shape index (κ1) is 12.3. The first-order chi connectivity index (χ1) is 7.65. The molecule has 0 bridgehead atoms. The molecule has 0 fully saturated rings. The van der Waals surface area contributed by atoms with Crippen LogP contribution in [0.5, 0.6) is 5.88 Å². The molecule has 1 aromatic heterocycles. The Morgan fingerprint density at radius 3 is 2.94 bits per heavy atom. The highest BCUT2D eigenvalue weighted by atomic mass is 16.5. The largest absolute Gasteiger partial charge is 0.481 e. The minimum absolute atomic E-state index is 0.429. The van der Waals surface area contributed by atoms with Crippen LogP contribution in [-0.4, -0.2) is 23.4 Å². The Bertz CT molecular complexity index is 416. The Kier molecular flexibility index (Phi) is 4.09. The van der Waals surface area contributed by atoms with Gasteiger partial charge in [-0.25, -0.2) is 4.68 Å². The average Bonchev–Trinajstić information content (AvgIpc) is 2.55. The van der Waals surface area contributed by atoms with Gasteiger partial charge in [0.15, 0.2) is 0 Å². The lowest BCUT2D eigenvalue weighted by Crippen LogP contribution is -2.20. The molecule has 1 aromatic rings. The van der Waals surface area contributed by atoms with Crippen LogP contribution in [-0.2, 0) is 7.05 Å². The molecule has 1 rings (SSSR count). The summed E-state index contributed by atoms with van der Waals surface area (Å²) in [5, 5.41) is 16.4. The van der Waals surface area contributed by atoms with Gasteiger partial charge in [-0.3, -0.25) is 5.32 Å². The lowest BCUT2D eigenvalue weighted by Gasteiger charge is -2.11. The Morgan fingerprint density at radius 1 is 1.75 bits per heavy atom. The number of aromatic nitrogens is 2. The van der Waals surface area contributed by atoms with E-state index in [4.69, 9.17) is 10.00 Å². The molecule has 5 heteroatoms. The summed E-state index contributed by atoms with van der Waals surface area (Å²) in [7, 11) is 3.36. The third-order valence-corrected chi connectivity index (χ3v) is 2.29. The summed E-state index contributed by atoms with van der Waals surface area (Å²) in [6, 6.07) is 1.76. The van der Waals surface area contributed by atoms with Crippen molar-refractivity contribution in [2.75, 3.05) is 13.7 Å². The fourth-order valence-corrected chi connectivity index (χ4v) is 1.64. The SMILES string of the molecule is C=CCNC(C#N)c1c(C)nn(C)c1OC. The van der Waals surface area contributed by atoms with E-state index in [2.05, 4.69) is 23.1 Å². The fourth-order valence-electron chi connectivity index (χ4n) is 1.64. The number of nitrogens with one attached hydrogen (secondary N) is 1. The molecule has 0 aliphatic heterocycles. The van der Waals surface area contributed by atoms with Crippen molar-refractivity contribution in [3.63, 3.8) is 0 Å². The molecule has 0 aliphatic carbocycles. The molecule has 1 unspecified atom stereocenters. The van der Waals surface area contributed by atoms with Crippen LogP contribution in [0.1, 0.15) is 17.3 Å². The lowest BCUT2D eigenvalue weighted by molar-refractivity contribution is 0.366. The molecule has 16 heavy (non-hydrogen) atoms. The van der Waals surface area contributed by atoms with Crippen molar-refractivity contribution in [3.8, 4) is 11.9 Å². The third kappa shape index (κ3) is 2.23. The second-order valence-corrected chi connectivity index (χ2v) is 3.39. The van der Waals surface area contributed by atoms with Crippen molar-refractivity contribution in [1.29, 1.82) is 5.26 Å².